The summed E-state index contributed by atoms with van der Waals surface area (Å²) in [5.41, 5.74) is 3.75. The molecule has 2 fully saturated rings. The molecule has 1 N–H and O–H groups in total. The summed E-state index contributed by atoms with van der Waals surface area (Å²) in [6, 6.07) is 10.4. The minimum atomic E-state index is -0.409. The molecule has 11 nitrogen and oxygen atoms in total. The molecule has 5 heterocycles. The molecule has 2 aliphatic rings. The average Bonchev–Trinajstić information content (AvgIpc) is 3.73. The monoisotopic (exact) mass is 603 g/mol. The highest BCUT2D eigenvalue weighted by atomic mass is 32.1. The van der Waals surface area contributed by atoms with E-state index in [4.69, 9.17) is 15.1 Å². The molecule has 0 saturated carbocycles. The Hall–Kier alpha value is -4.12. The van der Waals surface area contributed by atoms with Crippen molar-refractivity contribution in [2.75, 3.05) is 62.7 Å². The maximum Gasteiger partial charge on any atom is 0.236 e. The number of anilines is 3. The highest BCUT2D eigenvalue weighted by Gasteiger charge is 2.28. The van der Waals surface area contributed by atoms with E-state index in [2.05, 4.69) is 21.9 Å². The van der Waals surface area contributed by atoms with Crippen LogP contribution in [0.5, 0.6) is 0 Å². The van der Waals surface area contributed by atoms with Gasteiger partial charge in [0.05, 0.1) is 29.4 Å². The number of β-amino-alcohol motifs (C(OH)–C–C–N with tert-alkyl or cyclic N) is 1. The summed E-state index contributed by atoms with van der Waals surface area (Å²) in [5.74, 6) is 0.560. The number of aliphatic hydroxyl groups excluding tert-OH is 1. The third kappa shape index (κ3) is 5.65. The topological polar surface area (TPSA) is 118 Å². The summed E-state index contributed by atoms with van der Waals surface area (Å²) in [5, 5.41) is 25.9. The Morgan fingerprint density at radius 1 is 1.19 bits per heavy atom. The zero-order chi connectivity index (χ0) is 30.2. The number of fused-ring (bicyclic) bond motifs is 1. The van der Waals surface area contributed by atoms with Crippen molar-refractivity contribution in [2.24, 2.45) is 0 Å². The number of likely N-dealkylation sites (tertiary alicyclic amines) is 1. The molecule has 43 heavy (non-hydrogen) atoms. The summed E-state index contributed by atoms with van der Waals surface area (Å²) in [4.78, 5) is 31.0. The van der Waals surface area contributed by atoms with Crippen LogP contribution in [0.2, 0.25) is 0 Å². The van der Waals surface area contributed by atoms with Crippen LogP contribution in [0.1, 0.15) is 23.9 Å². The van der Waals surface area contributed by atoms with Crippen molar-refractivity contribution < 1.29 is 14.3 Å². The van der Waals surface area contributed by atoms with Crippen LogP contribution in [0, 0.1) is 24.1 Å². The summed E-state index contributed by atoms with van der Waals surface area (Å²) in [6.07, 6.45) is 0.241. The van der Waals surface area contributed by atoms with Crippen LogP contribution < -0.4 is 9.80 Å². The van der Waals surface area contributed by atoms with Crippen molar-refractivity contribution in [3.63, 3.8) is 0 Å². The Labute approximate surface area is 253 Å². The van der Waals surface area contributed by atoms with Crippen molar-refractivity contribution in [1.82, 2.24) is 29.5 Å². The third-order valence-corrected chi connectivity index (χ3v) is 9.23. The number of aryl methyl sites for hydroxylation is 2. The van der Waals surface area contributed by atoms with Gasteiger partial charge in [-0.3, -0.25) is 9.69 Å². The van der Waals surface area contributed by atoms with Crippen LogP contribution >= 0.6 is 11.3 Å². The lowest BCUT2D eigenvalue weighted by molar-refractivity contribution is -0.131. The summed E-state index contributed by atoms with van der Waals surface area (Å²) >= 11 is 1.28. The highest BCUT2D eigenvalue weighted by Crippen LogP contribution is 2.39. The van der Waals surface area contributed by atoms with Crippen LogP contribution in [-0.2, 0) is 11.3 Å². The maximum atomic E-state index is 13.5. The molecule has 0 radical (unpaired) electrons. The van der Waals surface area contributed by atoms with Gasteiger partial charge in [-0.15, -0.1) is 0 Å². The van der Waals surface area contributed by atoms with Crippen molar-refractivity contribution in [2.45, 2.75) is 32.9 Å². The summed E-state index contributed by atoms with van der Waals surface area (Å²) in [6.45, 7) is 9.08. The number of carbonyl (C=O) groups is 1. The second-order valence-electron chi connectivity index (χ2n) is 11.0. The van der Waals surface area contributed by atoms with Gasteiger partial charge in [-0.05, 0) is 50.6 Å². The molecule has 13 heteroatoms. The van der Waals surface area contributed by atoms with E-state index >= 15 is 0 Å². The van der Waals surface area contributed by atoms with Gasteiger partial charge in [-0.1, -0.05) is 11.3 Å². The van der Waals surface area contributed by atoms with E-state index in [1.807, 2.05) is 30.5 Å². The standard InChI is InChI=1S/C30H34FN9O2S/c1-4-40-29(36(3)30-34-27(25(16-32)43-30)20-5-7-21(31)8-6-20)23-15-24(19(2)33-28(23)35-40)38-13-11-37(12-14-38)18-26(42)39-10-9-22(41)17-39/h5-8,15,22,41H,4,9-14,17-18H2,1-3H3/t22-/m1/s1. The lowest BCUT2D eigenvalue weighted by Crippen LogP contribution is -2.50. The molecule has 1 amide bonds. The van der Waals surface area contributed by atoms with Gasteiger partial charge in [0, 0.05) is 58.4 Å². The predicted molar refractivity (Wildman–Crippen MR) is 164 cm³/mol. The number of piperazine rings is 1. The number of amides is 1. The molecule has 1 atom stereocenters. The van der Waals surface area contributed by atoms with Gasteiger partial charge in [0.2, 0.25) is 5.91 Å². The van der Waals surface area contributed by atoms with Crippen molar-refractivity contribution in [3.8, 4) is 17.3 Å². The number of aromatic nitrogens is 4. The average molecular weight is 604 g/mol. The number of aliphatic hydroxyl groups is 1. The van der Waals surface area contributed by atoms with Crippen LogP contribution in [-0.4, -0.2) is 99.5 Å². The zero-order valence-electron chi connectivity index (χ0n) is 24.5. The number of nitrogens with zero attached hydrogens (tertiary/aromatic N) is 9. The number of halogens is 1. The summed E-state index contributed by atoms with van der Waals surface area (Å²) < 4.78 is 15.4. The molecule has 224 valence electrons. The first-order chi connectivity index (χ1) is 20.7. The number of benzene rings is 1. The van der Waals surface area contributed by atoms with Gasteiger partial charge >= 0.3 is 0 Å². The second-order valence-corrected chi connectivity index (χ2v) is 12.0. The van der Waals surface area contributed by atoms with E-state index < -0.39 is 6.10 Å². The van der Waals surface area contributed by atoms with Gasteiger partial charge < -0.3 is 19.8 Å². The third-order valence-electron chi connectivity index (χ3n) is 8.19. The predicted octanol–water partition coefficient (Wildman–Crippen LogP) is 3.38. The van der Waals surface area contributed by atoms with E-state index in [1.165, 1.54) is 23.5 Å². The van der Waals surface area contributed by atoms with Crippen molar-refractivity contribution in [3.05, 3.63) is 46.7 Å². The largest absolute Gasteiger partial charge is 0.391 e. The zero-order valence-corrected chi connectivity index (χ0v) is 25.3. The van der Waals surface area contributed by atoms with Crippen LogP contribution in [0.25, 0.3) is 22.3 Å². The number of pyridine rings is 1. The normalized spacial score (nSPS) is 17.5. The molecule has 3 aromatic heterocycles. The number of nitriles is 1. The minimum Gasteiger partial charge on any atom is -0.391 e. The Morgan fingerprint density at radius 2 is 1.93 bits per heavy atom. The second kappa shape index (κ2) is 11.9. The maximum absolute atomic E-state index is 13.5. The van der Waals surface area contributed by atoms with Gasteiger partial charge in [0.1, 0.15) is 28.3 Å². The van der Waals surface area contributed by atoms with Crippen LogP contribution in [0.15, 0.2) is 30.3 Å². The van der Waals surface area contributed by atoms with E-state index in [9.17, 15) is 19.6 Å². The molecule has 1 aromatic carbocycles. The Morgan fingerprint density at radius 3 is 2.58 bits per heavy atom. The van der Waals surface area contributed by atoms with Crippen LogP contribution in [0.3, 0.4) is 0 Å². The summed E-state index contributed by atoms with van der Waals surface area (Å²) in [7, 11) is 1.91. The van der Waals surface area contributed by atoms with E-state index in [0.717, 1.165) is 48.8 Å². The van der Waals surface area contributed by atoms with Gasteiger partial charge in [0.15, 0.2) is 10.8 Å². The molecule has 0 spiro atoms. The van der Waals surface area contributed by atoms with Crippen molar-refractivity contribution >= 4 is 44.9 Å². The first-order valence-corrected chi connectivity index (χ1v) is 15.3. The number of hydrogen-bond donors (Lipinski definition) is 1. The fraction of sp³-hybridized carbons (Fsp3) is 0.433. The SMILES string of the molecule is CCn1nc2nc(C)c(N3CCN(CC(=O)N4CC[C@@H](O)C4)CC3)cc2c1N(C)c1nc(-c2ccc(F)cc2)c(C#N)s1. The van der Waals surface area contributed by atoms with Crippen LogP contribution in [0.4, 0.5) is 21.0 Å². The number of hydrogen-bond acceptors (Lipinski definition) is 10. The lowest BCUT2D eigenvalue weighted by Gasteiger charge is -2.36. The number of rotatable bonds is 7. The molecule has 0 bridgehead atoms. The number of carbonyl (C=O) groups excluding carboxylic acids is 1. The van der Waals surface area contributed by atoms with E-state index in [1.54, 1.807) is 17.0 Å². The van der Waals surface area contributed by atoms with Gasteiger partial charge in [-0.2, -0.15) is 10.4 Å². The van der Waals surface area contributed by atoms with Gasteiger partial charge in [0.25, 0.3) is 0 Å². The molecular weight excluding hydrogens is 569 g/mol. The first-order valence-electron chi connectivity index (χ1n) is 14.5. The minimum absolute atomic E-state index is 0.0771. The fourth-order valence-electron chi connectivity index (χ4n) is 5.85. The molecule has 6 rings (SSSR count). The molecule has 4 aromatic rings. The molecular formula is C30H34FN9O2S. The molecule has 2 aliphatic heterocycles. The number of thiazole rings is 1. The molecule has 0 aliphatic carbocycles. The smallest absolute Gasteiger partial charge is 0.236 e. The molecule has 2 saturated heterocycles. The highest BCUT2D eigenvalue weighted by molar-refractivity contribution is 7.16. The fourth-order valence-corrected chi connectivity index (χ4v) is 6.70. The Balaban J connectivity index is 1.25. The van der Waals surface area contributed by atoms with Crippen molar-refractivity contribution in [1.29, 1.82) is 5.26 Å². The molecule has 0 unspecified atom stereocenters. The Bertz CT molecular complexity index is 1690. The van der Waals surface area contributed by atoms with Gasteiger partial charge in [-0.25, -0.2) is 19.0 Å². The van der Waals surface area contributed by atoms with E-state index in [0.29, 0.717) is 59.5 Å². The quantitative estimate of drug-likeness (QED) is 0.339. The lowest BCUT2D eigenvalue weighted by atomic mass is 10.1. The first kappa shape index (κ1) is 29.0. The van der Waals surface area contributed by atoms with E-state index in [-0.39, 0.29) is 11.7 Å². The Kier molecular flexibility index (Phi) is 8.00.